The summed E-state index contributed by atoms with van der Waals surface area (Å²) in [6, 6.07) is 0. The van der Waals surface area contributed by atoms with Crippen molar-refractivity contribution < 1.29 is 0 Å². The van der Waals surface area contributed by atoms with Crippen LogP contribution in [0, 0.1) is 53.3 Å². The summed E-state index contributed by atoms with van der Waals surface area (Å²) in [6.07, 6.45) is 13.5. The molecule has 0 saturated heterocycles. The molecule has 0 amide bonds. The van der Waals surface area contributed by atoms with E-state index in [2.05, 4.69) is 34.6 Å². The maximum atomic E-state index is 2.59. The van der Waals surface area contributed by atoms with Crippen molar-refractivity contribution in [2.24, 2.45) is 53.3 Å². The molecule has 0 heterocycles. The van der Waals surface area contributed by atoms with Crippen LogP contribution in [0.15, 0.2) is 0 Å². The number of hydrogen-bond donors (Lipinski definition) is 0. The molecule has 3 rings (SSSR count). The van der Waals surface area contributed by atoms with Gasteiger partial charge in [0.1, 0.15) is 0 Å². The molecule has 3 saturated carbocycles. The Hall–Kier alpha value is 0. The van der Waals surface area contributed by atoms with Gasteiger partial charge < -0.3 is 0 Å². The Labute approximate surface area is 146 Å². The monoisotopic (exact) mass is 318 g/mol. The maximum Gasteiger partial charge on any atom is -0.0326 e. The van der Waals surface area contributed by atoms with E-state index in [0.717, 1.165) is 53.3 Å². The normalized spacial score (nSPS) is 39.8. The summed E-state index contributed by atoms with van der Waals surface area (Å²) in [6.45, 7) is 12.5. The molecule has 3 fully saturated rings. The molecule has 8 atom stereocenters. The van der Waals surface area contributed by atoms with Crippen molar-refractivity contribution in [1.82, 2.24) is 0 Å². The molecule has 134 valence electrons. The quantitative estimate of drug-likeness (QED) is 0.378. The summed E-state index contributed by atoms with van der Waals surface area (Å²) in [5.74, 6) is 9.53. The van der Waals surface area contributed by atoms with Gasteiger partial charge in [-0.25, -0.2) is 0 Å². The Balaban J connectivity index is 1.40. The topological polar surface area (TPSA) is 0 Å². The van der Waals surface area contributed by atoms with E-state index < -0.39 is 0 Å². The molecular formula is C23H42. The van der Waals surface area contributed by atoms with Gasteiger partial charge in [-0.15, -0.1) is 0 Å². The summed E-state index contributed by atoms with van der Waals surface area (Å²) in [4.78, 5) is 0. The summed E-state index contributed by atoms with van der Waals surface area (Å²) in [5, 5.41) is 0. The first-order chi connectivity index (χ1) is 11.1. The lowest BCUT2D eigenvalue weighted by atomic mass is 9.85. The number of hydrogen-bond acceptors (Lipinski definition) is 0. The highest BCUT2D eigenvalue weighted by atomic mass is 14.6. The smallest absolute Gasteiger partial charge is 0.0326 e. The highest BCUT2D eigenvalue weighted by molar-refractivity contribution is 5.01. The third kappa shape index (κ3) is 4.35. The molecule has 0 heteroatoms. The fourth-order valence-corrected chi connectivity index (χ4v) is 6.08. The highest BCUT2D eigenvalue weighted by Crippen LogP contribution is 2.59. The highest BCUT2D eigenvalue weighted by Gasteiger charge is 2.52. The van der Waals surface area contributed by atoms with Gasteiger partial charge in [0.2, 0.25) is 0 Å². The summed E-state index contributed by atoms with van der Waals surface area (Å²) < 4.78 is 0. The second kappa shape index (κ2) is 7.49. The van der Waals surface area contributed by atoms with Crippen LogP contribution in [0.3, 0.4) is 0 Å². The lowest BCUT2D eigenvalue weighted by Gasteiger charge is -2.21. The van der Waals surface area contributed by atoms with E-state index >= 15 is 0 Å². The Bertz CT molecular complexity index is 368. The van der Waals surface area contributed by atoms with E-state index in [-0.39, 0.29) is 0 Å². The largest absolute Gasteiger partial charge is 0.0654 e. The molecule has 0 radical (unpaired) electrons. The third-order valence-electron chi connectivity index (χ3n) is 8.04. The van der Waals surface area contributed by atoms with Crippen molar-refractivity contribution in [2.75, 3.05) is 0 Å². The summed E-state index contributed by atoms with van der Waals surface area (Å²) >= 11 is 0. The van der Waals surface area contributed by atoms with Gasteiger partial charge in [-0.2, -0.15) is 0 Å². The van der Waals surface area contributed by atoms with E-state index in [1.165, 1.54) is 44.9 Å². The predicted octanol–water partition coefficient (Wildman–Crippen LogP) is 7.18. The zero-order valence-electron chi connectivity index (χ0n) is 16.6. The average molecular weight is 319 g/mol. The molecule has 3 aliphatic rings. The number of rotatable bonds is 11. The van der Waals surface area contributed by atoms with Gasteiger partial charge in [-0.3, -0.25) is 0 Å². The van der Waals surface area contributed by atoms with Gasteiger partial charge >= 0.3 is 0 Å². The number of unbranched alkanes of at least 4 members (excludes halogenated alkanes) is 1. The fraction of sp³-hybridized carbons (Fsp3) is 1.00. The minimum Gasteiger partial charge on any atom is -0.0654 e. The molecule has 8 unspecified atom stereocenters. The fourth-order valence-electron chi connectivity index (χ4n) is 6.08. The molecule has 0 aromatic rings. The zero-order chi connectivity index (χ0) is 16.6. The van der Waals surface area contributed by atoms with Crippen LogP contribution in [0.2, 0.25) is 0 Å². The van der Waals surface area contributed by atoms with Crippen LogP contribution in [0.5, 0.6) is 0 Å². The standard InChI is InChI=1S/C23H42/c1-6-8-9-21-20(7-2)23(21)16(4)13-19-14-22(19)17(5)15(3)12-18-10-11-18/h15-23H,6-14H2,1-5H3. The van der Waals surface area contributed by atoms with E-state index in [9.17, 15) is 0 Å². The molecule has 0 nitrogen and oxygen atoms in total. The minimum absolute atomic E-state index is 0.981. The molecule has 0 aromatic heterocycles. The van der Waals surface area contributed by atoms with Crippen molar-refractivity contribution in [3.63, 3.8) is 0 Å². The van der Waals surface area contributed by atoms with Gasteiger partial charge in [0, 0.05) is 0 Å². The first-order valence-corrected chi connectivity index (χ1v) is 11.1. The van der Waals surface area contributed by atoms with Crippen LogP contribution in [0.4, 0.5) is 0 Å². The van der Waals surface area contributed by atoms with Gasteiger partial charge in [0.05, 0.1) is 0 Å². The summed E-state index contributed by atoms with van der Waals surface area (Å²) in [5.41, 5.74) is 0. The van der Waals surface area contributed by atoms with Crippen LogP contribution in [-0.4, -0.2) is 0 Å². The van der Waals surface area contributed by atoms with Crippen LogP contribution in [0.25, 0.3) is 0 Å². The predicted molar refractivity (Wildman–Crippen MR) is 101 cm³/mol. The molecule has 3 aliphatic carbocycles. The first kappa shape index (κ1) is 17.8. The second-order valence-electron chi connectivity index (χ2n) is 9.84. The molecule has 0 aliphatic heterocycles. The lowest BCUT2D eigenvalue weighted by molar-refractivity contribution is 0.288. The molecule has 23 heavy (non-hydrogen) atoms. The molecule has 0 spiro atoms. The van der Waals surface area contributed by atoms with Gasteiger partial charge in [-0.05, 0) is 78.9 Å². The van der Waals surface area contributed by atoms with E-state index in [4.69, 9.17) is 0 Å². The van der Waals surface area contributed by atoms with Crippen LogP contribution in [-0.2, 0) is 0 Å². The summed E-state index contributed by atoms with van der Waals surface area (Å²) in [7, 11) is 0. The Morgan fingerprint density at radius 1 is 0.957 bits per heavy atom. The van der Waals surface area contributed by atoms with Crippen molar-refractivity contribution in [3.05, 3.63) is 0 Å². The second-order valence-corrected chi connectivity index (χ2v) is 9.84. The van der Waals surface area contributed by atoms with E-state index in [0.29, 0.717) is 0 Å². The van der Waals surface area contributed by atoms with Gasteiger partial charge in [0.25, 0.3) is 0 Å². The van der Waals surface area contributed by atoms with Crippen LogP contribution >= 0.6 is 0 Å². The van der Waals surface area contributed by atoms with Crippen molar-refractivity contribution >= 4 is 0 Å². The SMILES string of the molecule is CCCCC1C(CC)C1C(C)CC1CC1C(C)C(C)CC1CC1. The Kier molecular flexibility index (Phi) is 5.80. The zero-order valence-corrected chi connectivity index (χ0v) is 16.6. The maximum absolute atomic E-state index is 2.59. The van der Waals surface area contributed by atoms with Gasteiger partial charge in [0.15, 0.2) is 0 Å². The van der Waals surface area contributed by atoms with Gasteiger partial charge in [-0.1, -0.05) is 66.7 Å². The molecular weight excluding hydrogens is 276 g/mol. The average Bonchev–Trinajstić information content (AvgIpc) is 3.39. The van der Waals surface area contributed by atoms with Crippen LogP contribution < -0.4 is 0 Å². The Morgan fingerprint density at radius 3 is 2.30 bits per heavy atom. The van der Waals surface area contributed by atoms with E-state index in [1.54, 1.807) is 12.8 Å². The minimum atomic E-state index is 0.981. The molecule has 0 aromatic carbocycles. The third-order valence-corrected chi connectivity index (χ3v) is 8.04. The van der Waals surface area contributed by atoms with Crippen molar-refractivity contribution in [2.45, 2.75) is 92.4 Å². The lowest BCUT2D eigenvalue weighted by Crippen LogP contribution is -2.13. The molecule has 0 N–H and O–H groups in total. The van der Waals surface area contributed by atoms with Crippen molar-refractivity contribution in [3.8, 4) is 0 Å². The van der Waals surface area contributed by atoms with Crippen molar-refractivity contribution in [1.29, 1.82) is 0 Å². The molecule has 0 bridgehead atoms. The first-order valence-electron chi connectivity index (χ1n) is 11.1. The van der Waals surface area contributed by atoms with E-state index in [1.807, 2.05) is 0 Å². The Morgan fingerprint density at radius 2 is 1.70 bits per heavy atom. The van der Waals surface area contributed by atoms with Crippen LogP contribution in [0.1, 0.15) is 92.4 Å².